The Balaban J connectivity index is 2.04. The molecule has 0 spiro atoms. The molecule has 0 radical (unpaired) electrons. The molecule has 2 rings (SSSR count). The fourth-order valence-corrected chi connectivity index (χ4v) is 2.54. The summed E-state index contributed by atoms with van der Waals surface area (Å²) in [6.07, 6.45) is 1.23. The van der Waals surface area contributed by atoms with Gasteiger partial charge in [-0.1, -0.05) is 25.1 Å². The molecule has 1 fully saturated rings. The number of likely N-dealkylation sites (tertiary alicyclic amines) is 1. The van der Waals surface area contributed by atoms with Crippen LogP contribution in [0.2, 0.25) is 0 Å². The highest BCUT2D eigenvalue weighted by molar-refractivity contribution is 5.33. The quantitative estimate of drug-likeness (QED) is 0.849. The third-order valence-corrected chi connectivity index (χ3v) is 4.21. The molecular formula is C15H24N2. The molecule has 0 saturated carbocycles. The van der Waals surface area contributed by atoms with Crippen molar-refractivity contribution in [2.75, 3.05) is 13.1 Å². The average Bonchev–Trinajstić information content (AvgIpc) is 2.30. The second-order valence-corrected chi connectivity index (χ2v) is 5.52. The zero-order chi connectivity index (χ0) is 12.4. The van der Waals surface area contributed by atoms with Crippen LogP contribution >= 0.6 is 0 Å². The van der Waals surface area contributed by atoms with Crippen LogP contribution in [0.1, 0.15) is 30.0 Å². The molecule has 1 saturated heterocycles. The smallest absolute Gasteiger partial charge is 0.0237 e. The van der Waals surface area contributed by atoms with Gasteiger partial charge in [0.25, 0.3) is 0 Å². The van der Waals surface area contributed by atoms with Crippen LogP contribution in [0.5, 0.6) is 0 Å². The number of benzene rings is 1. The lowest BCUT2D eigenvalue weighted by Crippen LogP contribution is -2.47. The third kappa shape index (κ3) is 2.88. The first-order chi connectivity index (χ1) is 8.08. The molecule has 2 atom stereocenters. The monoisotopic (exact) mass is 232 g/mol. The van der Waals surface area contributed by atoms with Crippen molar-refractivity contribution in [2.45, 2.75) is 39.8 Å². The van der Waals surface area contributed by atoms with Crippen molar-refractivity contribution in [3.8, 4) is 0 Å². The minimum absolute atomic E-state index is 0.342. The van der Waals surface area contributed by atoms with Gasteiger partial charge < -0.3 is 5.73 Å². The summed E-state index contributed by atoms with van der Waals surface area (Å²) in [6.45, 7) is 9.94. The summed E-state index contributed by atoms with van der Waals surface area (Å²) in [5.41, 5.74) is 10.4. The van der Waals surface area contributed by atoms with Gasteiger partial charge in [0.1, 0.15) is 0 Å². The van der Waals surface area contributed by atoms with E-state index in [1.54, 1.807) is 0 Å². The molecule has 0 bridgehead atoms. The maximum Gasteiger partial charge on any atom is 0.0237 e. The molecule has 94 valence electrons. The number of nitrogens with two attached hydrogens (primary N) is 1. The summed E-state index contributed by atoms with van der Waals surface area (Å²) in [7, 11) is 0. The lowest BCUT2D eigenvalue weighted by atomic mass is 9.93. The molecular weight excluding hydrogens is 208 g/mol. The van der Waals surface area contributed by atoms with Crippen LogP contribution < -0.4 is 5.73 Å². The van der Waals surface area contributed by atoms with Crippen LogP contribution in [0.15, 0.2) is 18.2 Å². The van der Waals surface area contributed by atoms with Crippen molar-refractivity contribution < 1.29 is 0 Å². The molecule has 17 heavy (non-hydrogen) atoms. The van der Waals surface area contributed by atoms with E-state index in [1.807, 2.05) is 0 Å². The van der Waals surface area contributed by atoms with Crippen LogP contribution in [-0.2, 0) is 6.54 Å². The maximum absolute atomic E-state index is 6.15. The largest absolute Gasteiger partial charge is 0.326 e. The van der Waals surface area contributed by atoms with Crippen molar-refractivity contribution >= 4 is 0 Å². The predicted molar refractivity (Wildman–Crippen MR) is 72.9 cm³/mol. The molecule has 1 aliphatic heterocycles. The molecule has 1 heterocycles. The van der Waals surface area contributed by atoms with E-state index in [0.717, 1.165) is 13.1 Å². The zero-order valence-corrected chi connectivity index (χ0v) is 11.2. The molecule has 1 aromatic rings. The summed E-state index contributed by atoms with van der Waals surface area (Å²) < 4.78 is 0. The van der Waals surface area contributed by atoms with Crippen molar-refractivity contribution in [3.63, 3.8) is 0 Å². The van der Waals surface area contributed by atoms with Gasteiger partial charge in [-0.25, -0.2) is 0 Å². The molecule has 1 aromatic carbocycles. The number of rotatable bonds is 2. The van der Waals surface area contributed by atoms with Crippen LogP contribution in [0, 0.1) is 19.8 Å². The number of piperidine rings is 1. The van der Waals surface area contributed by atoms with Crippen LogP contribution in [0.25, 0.3) is 0 Å². The highest BCUT2D eigenvalue weighted by Crippen LogP contribution is 2.20. The van der Waals surface area contributed by atoms with Gasteiger partial charge in [-0.2, -0.15) is 0 Å². The number of nitrogens with zero attached hydrogens (tertiary/aromatic N) is 1. The van der Waals surface area contributed by atoms with E-state index >= 15 is 0 Å². The van der Waals surface area contributed by atoms with Crippen molar-refractivity contribution in [2.24, 2.45) is 11.7 Å². The van der Waals surface area contributed by atoms with Gasteiger partial charge in [-0.05, 0) is 49.4 Å². The Morgan fingerprint density at radius 2 is 2.12 bits per heavy atom. The molecule has 0 aromatic heterocycles. The van der Waals surface area contributed by atoms with Gasteiger partial charge in [0.15, 0.2) is 0 Å². The van der Waals surface area contributed by atoms with E-state index in [-0.39, 0.29) is 0 Å². The molecule has 1 aliphatic rings. The summed E-state index contributed by atoms with van der Waals surface area (Å²) in [5.74, 6) is 0.671. The second-order valence-electron chi connectivity index (χ2n) is 5.52. The first kappa shape index (κ1) is 12.6. The van der Waals surface area contributed by atoms with Crippen LogP contribution in [-0.4, -0.2) is 24.0 Å². The van der Waals surface area contributed by atoms with Crippen LogP contribution in [0.4, 0.5) is 0 Å². The Hall–Kier alpha value is -0.860. The maximum atomic E-state index is 6.15. The predicted octanol–water partition coefficient (Wildman–Crippen LogP) is 2.47. The fourth-order valence-electron chi connectivity index (χ4n) is 2.54. The highest BCUT2D eigenvalue weighted by Gasteiger charge is 2.23. The van der Waals surface area contributed by atoms with E-state index in [1.165, 1.54) is 29.7 Å². The molecule has 2 nitrogen and oxygen atoms in total. The topological polar surface area (TPSA) is 29.3 Å². The number of aryl methyl sites for hydroxylation is 1. The molecule has 2 N–H and O–H groups in total. The zero-order valence-electron chi connectivity index (χ0n) is 11.2. The third-order valence-electron chi connectivity index (χ3n) is 4.21. The Labute approximate surface area is 105 Å². The van der Waals surface area contributed by atoms with Gasteiger partial charge in [-0.3, -0.25) is 4.90 Å². The Bertz CT molecular complexity index is 387. The van der Waals surface area contributed by atoms with Gasteiger partial charge >= 0.3 is 0 Å². The van der Waals surface area contributed by atoms with Gasteiger partial charge in [0.2, 0.25) is 0 Å². The van der Waals surface area contributed by atoms with Gasteiger partial charge in [0.05, 0.1) is 0 Å². The van der Waals surface area contributed by atoms with Gasteiger partial charge in [0, 0.05) is 19.1 Å². The lowest BCUT2D eigenvalue weighted by molar-refractivity contribution is 0.162. The average molecular weight is 232 g/mol. The van der Waals surface area contributed by atoms with E-state index in [0.29, 0.717) is 12.0 Å². The van der Waals surface area contributed by atoms with E-state index < -0.39 is 0 Å². The minimum Gasteiger partial charge on any atom is -0.326 e. The normalized spacial score (nSPS) is 26.1. The first-order valence-corrected chi connectivity index (χ1v) is 6.61. The molecule has 0 aliphatic carbocycles. The van der Waals surface area contributed by atoms with Crippen LogP contribution in [0.3, 0.4) is 0 Å². The molecule has 0 amide bonds. The van der Waals surface area contributed by atoms with Crippen molar-refractivity contribution in [1.82, 2.24) is 4.90 Å². The summed E-state index contributed by atoms with van der Waals surface area (Å²) >= 11 is 0. The summed E-state index contributed by atoms with van der Waals surface area (Å²) in [5, 5.41) is 0. The summed E-state index contributed by atoms with van der Waals surface area (Å²) in [6, 6.07) is 6.92. The Kier molecular flexibility index (Phi) is 3.85. The second kappa shape index (κ2) is 5.19. The molecule has 2 heteroatoms. The summed E-state index contributed by atoms with van der Waals surface area (Å²) in [4.78, 5) is 2.49. The number of hydrogen-bond donors (Lipinski definition) is 1. The van der Waals surface area contributed by atoms with Crippen molar-refractivity contribution in [1.29, 1.82) is 0 Å². The van der Waals surface area contributed by atoms with E-state index in [4.69, 9.17) is 5.73 Å². The minimum atomic E-state index is 0.342. The van der Waals surface area contributed by atoms with Crippen molar-refractivity contribution in [3.05, 3.63) is 34.9 Å². The fraction of sp³-hybridized carbons (Fsp3) is 0.600. The molecule has 2 unspecified atom stereocenters. The standard InChI is InChI=1S/C15H24N2/c1-11-5-4-6-14(13(11)3)9-17-8-7-12(2)15(16)10-17/h4-6,12,15H,7-10,16H2,1-3H3. The lowest BCUT2D eigenvalue weighted by Gasteiger charge is -2.35. The SMILES string of the molecule is Cc1cccc(CN2CCC(C)C(N)C2)c1C. The number of hydrogen-bond acceptors (Lipinski definition) is 2. The highest BCUT2D eigenvalue weighted by atomic mass is 15.1. The Morgan fingerprint density at radius 3 is 2.82 bits per heavy atom. The first-order valence-electron chi connectivity index (χ1n) is 6.61. The Morgan fingerprint density at radius 1 is 1.35 bits per heavy atom. The van der Waals surface area contributed by atoms with E-state index in [9.17, 15) is 0 Å². The van der Waals surface area contributed by atoms with E-state index in [2.05, 4.69) is 43.9 Å². The van der Waals surface area contributed by atoms with Gasteiger partial charge in [-0.15, -0.1) is 0 Å².